The van der Waals surface area contributed by atoms with Crippen molar-refractivity contribution in [3.8, 4) is 5.75 Å². The van der Waals surface area contributed by atoms with Crippen molar-refractivity contribution in [3.63, 3.8) is 0 Å². The van der Waals surface area contributed by atoms with Gasteiger partial charge in [-0.25, -0.2) is 0 Å². The number of aromatic nitrogens is 1. The van der Waals surface area contributed by atoms with E-state index in [0.29, 0.717) is 18.1 Å². The van der Waals surface area contributed by atoms with Gasteiger partial charge in [-0.1, -0.05) is 18.2 Å². The van der Waals surface area contributed by atoms with Crippen LogP contribution >= 0.6 is 0 Å². The van der Waals surface area contributed by atoms with Crippen molar-refractivity contribution >= 4 is 5.96 Å². The van der Waals surface area contributed by atoms with Crippen LogP contribution in [0.15, 0.2) is 41.4 Å². The van der Waals surface area contributed by atoms with Crippen LogP contribution in [0.4, 0.5) is 13.2 Å². The van der Waals surface area contributed by atoms with E-state index in [1.807, 2.05) is 31.2 Å². The molecule has 0 bridgehead atoms. The predicted molar refractivity (Wildman–Crippen MR) is 98.7 cm³/mol. The Morgan fingerprint density at radius 2 is 1.85 bits per heavy atom. The maximum absolute atomic E-state index is 12.5. The molecule has 0 amide bonds. The number of aryl methyl sites for hydroxylation is 2. The molecular formula is C19H23F3N4O. The number of ether oxygens (including phenoxy) is 1. The number of nitrogens with one attached hydrogen (secondary N) is 2. The summed E-state index contributed by atoms with van der Waals surface area (Å²) in [7, 11) is 1.62. The van der Waals surface area contributed by atoms with Crippen LogP contribution in [-0.4, -0.2) is 30.8 Å². The van der Waals surface area contributed by atoms with E-state index in [9.17, 15) is 13.2 Å². The topological polar surface area (TPSA) is 58.5 Å². The number of rotatable bonds is 6. The molecule has 5 nitrogen and oxygen atoms in total. The summed E-state index contributed by atoms with van der Waals surface area (Å²) in [5.41, 5.74) is 3.22. The minimum atomic E-state index is -4.38. The van der Waals surface area contributed by atoms with Crippen molar-refractivity contribution in [2.45, 2.75) is 33.1 Å². The molecule has 0 aliphatic rings. The molecule has 0 radical (unpaired) electrons. The highest BCUT2D eigenvalue weighted by atomic mass is 19.4. The largest absolute Gasteiger partial charge is 0.484 e. The Bertz CT molecular complexity index is 791. The smallest absolute Gasteiger partial charge is 0.422 e. The third-order valence-corrected chi connectivity index (χ3v) is 3.67. The molecule has 0 aliphatic heterocycles. The molecule has 0 spiro atoms. The normalized spacial score (nSPS) is 12.0. The number of benzene rings is 1. The van der Waals surface area contributed by atoms with Crippen molar-refractivity contribution in [3.05, 3.63) is 58.9 Å². The summed E-state index contributed by atoms with van der Waals surface area (Å²) in [4.78, 5) is 8.52. The lowest BCUT2D eigenvalue weighted by Gasteiger charge is -2.16. The van der Waals surface area contributed by atoms with Gasteiger partial charge in [0.25, 0.3) is 0 Å². The lowest BCUT2D eigenvalue weighted by atomic mass is 10.1. The van der Waals surface area contributed by atoms with Gasteiger partial charge >= 0.3 is 6.18 Å². The maximum Gasteiger partial charge on any atom is 0.422 e. The number of guanidine groups is 1. The first-order valence-electron chi connectivity index (χ1n) is 8.43. The fraction of sp³-hybridized carbons (Fsp3) is 0.368. The molecule has 1 aromatic heterocycles. The van der Waals surface area contributed by atoms with Crippen molar-refractivity contribution in [2.24, 2.45) is 4.99 Å². The van der Waals surface area contributed by atoms with Crippen LogP contribution in [0.5, 0.6) is 5.75 Å². The Balaban J connectivity index is 1.97. The van der Waals surface area contributed by atoms with Gasteiger partial charge in [0.05, 0.1) is 12.2 Å². The summed E-state index contributed by atoms with van der Waals surface area (Å²) in [6.07, 6.45) is -4.38. The van der Waals surface area contributed by atoms with Crippen LogP contribution in [0.25, 0.3) is 0 Å². The second-order valence-electron chi connectivity index (χ2n) is 6.06. The third kappa shape index (κ3) is 7.16. The molecule has 0 unspecified atom stereocenters. The van der Waals surface area contributed by atoms with Gasteiger partial charge in [-0.2, -0.15) is 13.2 Å². The zero-order chi connectivity index (χ0) is 19.9. The summed E-state index contributed by atoms with van der Waals surface area (Å²) in [6, 6.07) is 10.9. The van der Waals surface area contributed by atoms with Gasteiger partial charge in [0.2, 0.25) is 0 Å². The van der Waals surface area contributed by atoms with Crippen LogP contribution in [0, 0.1) is 13.8 Å². The molecule has 27 heavy (non-hydrogen) atoms. The lowest BCUT2D eigenvalue weighted by Crippen LogP contribution is -2.36. The molecule has 0 aliphatic carbocycles. The summed E-state index contributed by atoms with van der Waals surface area (Å²) in [6.45, 7) is 3.14. The quantitative estimate of drug-likeness (QED) is 0.595. The van der Waals surface area contributed by atoms with Crippen LogP contribution in [0.1, 0.15) is 22.5 Å². The van der Waals surface area contributed by atoms with Gasteiger partial charge in [0.1, 0.15) is 5.75 Å². The molecule has 0 saturated heterocycles. The van der Waals surface area contributed by atoms with Crippen molar-refractivity contribution < 1.29 is 17.9 Å². The second kappa shape index (κ2) is 9.25. The number of hydrogen-bond donors (Lipinski definition) is 2. The zero-order valence-electron chi connectivity index (χ0n) is 15.5. The Morgan fingerprint density at radius 3 is 2.52 bits per heavy atom. The Hall–Kier alpha value is -2.77. The van der Waals surface area contributed by atoms with E-state index in [1.54, 1.807) is 26.1 Å². The van der Waals surface area contributed by atoms with E-state index >= 15 is 0 Å². The second-order valence-corrected chi connectivity index (χ2v) is 6.06. The Labute approximate surface area is 156 Å². The van der Waals surface area contributed by atoms with Crippen molar-refractivity contribution in [1.29, 1.82) is 0 Å². The summed E-state index contributed by atoms with van der Waals surface area (Å²) < 4.78 is 42.3. The number of aliphatic imine (C=N–C) groups is 1. The van der Waals surface area contributed by atoms with Gasteiger partial charge < -0.3 is 15.4 Å². The molecule has 2 N–H and O–H groups in total. The number of halogens is 3. The minimum absolute atomic E-state index is 0.204. The van der Waals surface area contributed by atoms with E-state index < -0.39 is 12.8 Å². The van der Waals surface area contributed by atoms with Crippen LogP contribution in [0.2, 0.25) is 0 Å². The van der Waals surface area contributed by atoms with Gasteiger partial charge in [-0.15, -0.1) is 0 Å². The van der Waals surface area contributed by atoms with Crippen LogP contribution in [-0.2, 0) is 13.1 Å². The molecule has 0 saturated carbocycles. The molecule has 1 aromatic carbocycles. The molecule has 8 heteroatoms. The van der Waals surface area contributed by atoms with Crippen molar-refractivity contribution in [1.82, 2.24) is 15.6 Å². The number of hydrogen-bond acceptors (Lipinski definition) is 3. The van der Waals surface area contributed by atoms with E-state index in [1.165, 1.54) is 0 Å². The zero-order valence-corrected chi connectivity index (χ0v) is 15.5. The number of nitrogens with zero attached hydrogens (tertiary/aromatic N) is 2. The third-order valence-electron chi connectivity index (χ3n) is 3.67. The maximum atomic E-state index is 12.5. The van der Waals surface area contributed by atoms with Crippen LogP contribution in [0.3, 0.4) is 0 Å². The molecule has 0 fully saturated rings. The first kappa shape index (κ1) is 20.5. The molecule has 1 heterocycles. The standard InChI is InChI=1S/C19H23F3N4O/c1-13-7-8-15(17(9-13)27-12-19(20,21)22)10-24-18(23-3)25-11-16-6-4-5-14(2)26-16/h4-9H,10-12H2,1-3H3,(H2,23,24,25). The highest BCUT2D eigenvalue weighted by molar-refractivity contribution is 5.79. The number of pyridine rings is 1. The van der Waals surface area contributed by atoms with Gasteiger partial charge in [0.15, 0.2) is 12.6 Å². The number of alkyl halides is 3. The summed E-state index contributed by atoms with van der Waals surface area (Å²) in [5, 5.41) is 6.20. The van der Waals surface area contributed by atoms with Crippen LogP contribution < -0.4 is 15.4 Å². The average molecular weight is 380 g/mol. The van der Waals surface area contributed by atoms with E-state index in [-0.39, 0.29) is 12.3 Å². The average Bonchev–Trinajstić information content (AvgIpc) is 2.60. The highest BCUT2D eigenvalue weighted by Crippen LogP contribution is 2.23. The highest BCUT2D eigenvalue weighted by Gasteiger charge is 2.28. The SMILES string of the molecule is CN=C(NCc1cccc(C)n1)NCc1ccc(C)cc1OCC(F)(F)F. The molecule has 146 valence electrons. The van der Waals surface area contributed by atoms with Gasteiger partial charge in [0, 0.05) is 24.8 Å². The molecule has 2 rings (SSSR count). The Morgan fingerprint density at radius 1 is 1.11 bits per heavy atom. The predicted octanol–water partition coefficient (Wildman–Crippen LogP) is 3.50. The fourth-order valence-electron chi connectivity index (χ4n) is 2.37. The molecule has 2 aromatic rings. The van der Waals surface area contributed by atoms with Crippen molar-refractivity contribution in [2.75, 3.05) is 13.7 Å². The monoisotopic (exact) mass is 380 g/mol. The Kier molecular flexibility index (Phi) is 7.04. The van der Waals surface area contributed by atoms with E-state index in [2.05, 4.69) is 20.6 Å². The summed E-state index contributed by atoms with van der Waals surface area (Å²) >= 11 is 0. The molecular weight excluding hydrogens is 357 g/mol. The van der Waals surface area contributed by atoms with Gasteiger partial charge in [-0.05, 0) is 37.6 Å². The van der Waals surface area contributed by atoms with Gasteiger partial charge in [-0.3, -0.25) is 9.98 Å². The van der Waals surface area contributed by atoms with E-state index in [0.717, 1.165) is 17.0 Å². The minimum Gasteiger partial charge on any atom is -0.484 e. The molecule has 0 atom stereocenters. The fourth-order valence-corrected chi connectivity index (χ4v) is 2.37. The summed E-state index contributed by atoms with van der Waals surface area (Å²) in [5.74, 6) is 0.719. The van der Waals surface area contributed by atoms with E-state index in [4.69, 9.17) is 4.74 Å². The first-order chi connectivity index (χ1) is 12.8. The lowest BCUT2D eigenvalue weighted by molar-refractivity contribution is -0.153. The first-order valence-corrected chi connectivity index (χ1v) is 8.43.